The third kappa shape index (κ3) is 3.34. The van der Waals surface area contributed by atoms with Gasteiger partial charge in [0.1, 0.15) is 5.75 Å². The number of hydrogen-bond donors (Lipinski definition) is 1. The van der Waals surface area contributed by atoms with E-state index in [9.17, 15) is 9.59 Å². The first-order chi connectivity index (χ1) is 11.2. The molecule has 23 heavy (non-hydrogen) atoms. The highest BCUT2D eigenvalue weighted by atomic mass is 16.5. The van der Waals surface area contributed by atoms with Crippen LogP contribution in [-0.4, -0.2) is 24.6 Å². The number of ether oxygens (including phenoxy) is 2. The molecule has 0 fully saturated rings. The summed E-state index contributed by atoms with van der Waals surface area (Å²) in [6.45, 7) is 2.06. The lowest BCUT2D eigenvalue weighted by atomic mass is 10.1. The Balaban J connectivity index is 1.67. The minimum absolute atomic E-state index is 0.234. The summed E-state index contributed by atoms with van der Waals surface area (Å²) in [6.07, 6.45) is -0.0156. The number of carbonyl (C=O) groups is 2. The van der Waals surface area contributed by atoms with Gasteiger partial charge < -0.3 is 14.8 Å². The number of amides is 1. The number of rotatable bonds is 4. The molecule has 0 saturated carbocycles. The maximum absolute atomic E-state index is 12.3. The van der Waals surface area contributed by atoms with Crippen molar-refractivity contribution in [1.82, 2.24) is 0 Å². The fraction of sp³-hybridized carbons (Fsp3) is 0.222. The van der Waals surface area contributed by atoms with Crippen LogP contribution in [-0.2, 0) is 16.0 Å². The summed E-state index contributed by atoms with van der Waals surface area (Å²) in [5.74, 6) is 0.100. The minimum atomic E-state index is -0.557. The van der Waals surface area contributed by atoms with Crippen molar-refractivity contribution in [3.05, 3.63) is 59.7 Å². The molecular formula is C18H17NO4. The van der Waals surface area contributed by atoms with E-state index in [0.29, 0.717) is 24.3 Å². The van der Waals surface area contributed by atoms with E-state index in [-0.39, 0.29) is 5.91 Å². The molecule has 2 aromatic carbocycles. The van der Waals surface area contributed by atoms with Gasteiger partial charge in [-0.25, -0.2) is 4.79 Å². The summed E-state index contributed by atoms with van der Waals surface area (Å²) in [5.41, 5.74) is 1.97. The minimum Gasteiger partial charge on any atom is -0.480 e. The van der Waals surface area contributed by atoms with Gasteiger partial charge in [-0.2, -0.15) is 0 Å². The van der Waals surface area contributed by atoms with Crippen molar-refractivity contribution in [3.63, 3.8) is 0 Å². The van der Waals surface area contributed by atoms with Gasteiger partial charge in [-0.05, 0) is 36.8 Å². The Hall–Kier alpha value is -2.82. The number of para-hydroxylation sites is 1. The van der Waals surface area contributed by atoms with Crippen LogP contribution in [0.25, 0.3) is 0 Å². The summed E-state index contributed by atoms with van der Waals surface area (Å²) >= 11 is 0. The van der Waals surface area contributed by atoms with E-state index in [2.05, 4.69) is 5.32 Å². The predicted molar refractivity (Wildman–Crippen MR) is 85.6 cm³/mol. The second-order valence-corrected chi connectivity index (χ2v) is 5.21. The topological polar surface area (TPSA) is 64.6 Å². The van der Waals surface area contributed by atoms with E-state index in [1.165, 1.54) is 0 Å². The highest BCUT2D eigenvalue weighted by Gasteiger charge is 2.28. The molecule has 1 unspecified atom stereocenters. The molecule has 1 aliphatic rings. The zero-order valence-electron chi connectivity index (χ0n) is 12.7. The molecule has 5 heteroatoms. The molecule has 0 saturated heterocycles. The van der Waals surface area contributed by atoms with Gasteiger partial charge >= 0.3 is 5.97 Å². The van der Waals surface area contributed by atoms with Crippen LogP contribution < -0.4 is 10.1 Å². The molecule has 3 rings (SSSR count). The molecule has 0 spiro atoms. The van der Waals surface area contributed by atoms with Gasteiger partial charge in [0, 0.05) is 12.1 Å². The van der Waals surface area contributed by atoms with Crippen LogP contribution >= 0.6 is 0 Å². The van der Waals surface area contributed by atoms with Crippen molar-refractivity contribution in [2.75, 3.05) is 11.9 Å². The molecule has 0 aliphatic carbocycles. The fourth-order valence-corrected chi connectivity index (χ4v) is 2.49. The summed E-state index contributed by atoms with van der Waals surface area (Å²) in [6, 6.07) is 14.3. The molecule has 0 radical (unpaired) electrons. The molecule has 1 aliphatic heterocycles. The average molecular weight is 311 g/mol. The highest BCUT2D eigenvalue weighted by molar-refractivity contribution is 5.97. The molecule has 1 N–H and O–H groups in total. The molecular weight excluding hydrogens is 294 g/mol. The van der Waals surface area contributed by atoms with Crippen molar-refractivity contribution in [2.45, 2.75) is 19.4 Å². The third-order valence-electron chi connectivity index (χ3n) is 3.58. The number of fused-ring (bicyclic) bond motifs is 1. The van der Waals surface area contributed by atoms with E-state index >= 15 is 0 Å². The van der Waals surface area contributed by atoms with Gasteiger partial charge in [-0.1, -0.05) is 24.3 Å². The van der Waals surface area contributed by atoms with Gasteiger partial charge in [-0.3, -0.25) is 4.79 Å². The first kappa shape index (κ1) is 15.1. The molecule has 5 nitrogen and oxygen atoms in total. The lowest BCUT2D eigenvalue weighted by Crippen LogP contribution is -2.31. The van der Waals surface area contributed by atoms with E-state index in [1.54, 1.807) is 31.2 Å². The number of anilines is 1. The van der Waals surface area contributed by atoms with Crippen molar-refractivity contribution < 1.29 is 19.1 Å². The molecule has 0 aromatic heterocycles. The van der Waals surface area contributed by atoms with Crippen molar-refractivity contribution in [3.8, 4) is 5.75 Å². The van der Waals surface area contributed by atoms with E-state index in [1.807, 2.05) is 24.3 Å². The first-order valence-electron chi connectivity index (χ1n) is 7.50. The summed E-state index contributed by atoms with van der Waals surface area (Å²) in [4.78, 5) is 24.1. The van der Waals surface area contributed by atoms with Crippen LogP contribution in [0.3, 0.4) is 0 Å². The average Bonchev–Trinajstić information content (AvgIpc) is 2.99. The molecule has 118 valence electrons. The summed E-state index contributed by atoms with van der Waals surface area (Å²) < 4.78 is 10.6. The van der Waals surface area contributed by atoms with Gasteiger partial charge in [-0.15, -0.1) is 0 Å². The zero-order valence-corrected chi connectivity index (χ0v) is 12.7. The van der Waals surface area contributed by atoms with E-state index in [0.717, 1.165) is 11.3 Å². The number of carbonyl (C=O) groups excluding carboxylic acids is 2. The number of esters is 1. The fourth-order valence-electron chi connectivity index (χ4n) is 2.49. The summed E-state index contributed by atoms with van der Waals surface area (Å²) in [5, 5.41) is 2.78. The number of hydrogen-bond acceptors (Lipinski definition) is 4. The maximum Gasteiger partial charge on any atom is 0.338 e. The lowest BCUT2D eigenvalue weighted by Gasteiger charge is -2.12. The maximum atomic E-state index is 12.3. The van der Waals surface area contributed by atoms with Crippen LogP contribution in [0.2, 0.25) is 0 Å². The highest BCUT2D eigenvalue weighted by Crippen LogP contribution is 2.28. The van der Waals surface area contributed by atoms with Gasteiger partial charge in [0.15, 0.2) is 6.10 Å². The van der Waals surface area contributed by atoms with Crippen molar-refractivity contribution in [2.24, 2.45) is 0 Å². The monoisotopic (exact) mass is 311 g/mol. The molecule has 2 aromatic rings. The molecule has 0 bridgehead atoms. The van der Waals surface area contributed by atoms with Crippen LogP contribution in [0.1, 0.15) is 22.8 Å². The van der Waals surface area contributed by atoms with Gasteiger partial charge in [0.2, 0.25) is 0 Å². The Kier molecular flexibility index (Phi) is 4.28. The smallest absolute Gasteiger partial charge is 0.338 e. The largest absolute Gasteiger partial charge is 0.480 e. The molecule has 1 amide bonds. The van der Waals surface area contributed by atoms with Crippen molar-refractivity contribution >= 4 is 17.6 Å². The second-order valence-electron chi connectivity index (χ2n) is 5.21. The summed E-state index contributed by atoms with van der Waals surface area (Å²) in [7, 11) is 0. The Labute approximate surface area is 134 Å². The Morgan fingerprint density at radius 2 is 2.04 bits per heavy atom. The van der Waals surface area contributed by atoms with Crippen LogP contribution in [0.5, 0.6) is 5.75 Å². The standard InChI is InChI=1S/C18H17NO4/c1-2-22-18(21)13-7-5-8-14(10-13)19-17(20)16-11-12-6-3-4-9-15(12)23-16/h3-10,16H,2,11H2,1H3,(H,19,20). The first-order valence-corrected chi connectivity index (χ1v) is 7.50. The second kappa shape index (κ2) is 6.52. The van der Waals surface area contributed by atoms with Crippen LogP contribution in [0.4, 0.5) is 5.69 Å². The normalized spacial score (nSPS) is 15.4. The zero-order chi connectivity index (χ0) is 16.2. The Bertz CT molecular complexity index is 716. The SMILES string of the molecule is CCOC(=O)c1cccc(NC(=O)C2Cc3ccccc3O2)c1. The van der Waals surface area contributed by atoms with Gasteiger partial charge in [0.05, 0.1) is 12.2 Å². The predicted octanol–water partition coefficient (Wildman–Crippen LogP) is 2.81. The molecule has 1 atom stereocenters. The Morgan fingerprint density at radius 1 is 1.22 bits per heavy atom. The van der Waals surface area contributed by atoms with E-state index < -0.39 is 12.1 Å². The Morgan fingerprint density at radius 3 is 2.83 bits per heavy atom. The van der Waals surface area contributed by atoms with Crippen LogP contribution in [0.15, 0.2) is 48.5 Å². The van der Waals surface area contributed by atoms with Crippen LogP contribution in [0, 0.1) is 0 Å². The quantitative estimate of drug-likeness (QED) is 0.882. The van der Waals surface area contributed by atoms with Crippen molar-refractivity contribution in [1.29, 1.82) is 0 Å². The van der Waals surface area contributed by atoms with E-state index in [4.69, 9.17) is 9.47 Å². The van der Waals surface area contributed by atoms with Gasteiger partial charge in [0.25, 0.3) is 5.91 Å². The third-order valence-corrected chi connectivity index (χ3v) is 3.58. The molecule has 1 heterocycles. The lowest BCUT2D eigenvalue weighted by molar-refractivity contribution is -0.122. The number of benzene rings is 2. The number of nitrogens with one attached hydrogen (secondary N) is 1.